The van der Waals surface area contributed by atoms with Crippen molar-refractivity contribution in [3.05, 3.63) is 64.7 Å². The van der Waals surface area contributed by atoms with Gasteiger partial charge in [0, 0.05) is 30.6 Å². The van der Waals surface area contributed by atoms with Crippen molar-refractivity contribution in [1.82, 2.24) is 10.2 Å². The topological polar surface area (TPSA) is 49.4 Å². The van der Waals surface area contributed by atoms with Crippen LogP contribution in [0.4, 0.5) is 0 Å². The summed E-state index contributed by atoms with van der Waals surface area (Å²) in [6.45, 7) is 0.355. The van der Waals surface area contributed by atoms with Crippen molar-refractivity contribution in [1.29, 1.82) is 0 Å². The van der Waals surface area contributed by atoms with Crippen LogP contribution in [0.5, 0.6) is 0 Å². The van der Waals surface area contributed by atoms with Crippen LogP contribution < -0.4 is 5.32 Å². The Kier molecular flexibility index (Phi) is 6.70. The highest BCUT2D eigenvalue weighted by Gasteiger charge is 2.13. The minimum absolute atomic E-state index is 0.00581. The van der Waals surface area contributed by atoms with Crippen LogP contribution in [-0.4, -0.2) is 36.6 Å². The molecule has 24 heavy (non-hydrogen) atoms. The first-order valence-electron chi connectivity index (χ1n) is 7.42. The number of nitrogens with one attached hydrogen (secondary N) is 1. The number of hydrogen-bond donors (Lipinski definition) is 1. The van der Waals surface area contributed by atoms with E-state index in [4.69, 9.17) is 11.6 Å². The monoisotopic (exact) mass is 362 g/mol. The Morgan fingerprint density at radius 3 is 2.46 bits per heavy atom. The van der Waals surface area contributed by atoms with Crippen LogP contribution in [0.15, 0.2) is 53.4 Å². The lowest BCUT2D eigenvalue weighted by atomic mass is 10.2. The van der Waals surface area contributed by atoms with Crippen molar-refractivity contribution >= 4 is 35.2 Å². The molecular weight excluding hydrogens is 344 g/mol. The molecule has 2 amide bonds. The average Bonchev–Trinajstić information content (AvgIpc) is 2.58. The molecule has 0 aliphatic heterocycles. The summed E-state index contributed by atoms with van der Waals surface area (Å²) in [5.41, 5.74) is 1.42. The molecule has 0 aromatic heterocycles. The number of rotatable bonds is 6. The van der Waals surface area contributed by atoms with Gasteiger partial charge < -0.3 is 10.2 Å². The predicted molar refractivity (Wildman–Crippen MR) is 98.5 cm³/mol. The fourth-order valence-corrected chi connectivity index (χ4v) is 3.19. The van der Waals surface area contributed by atoms with E-state index in [9.17, 15) is 9.59 Å². The molecule has 0 radical (unpaired) electrons. The molecule has 2 aromatic carbocycles. The van der Waals surface area contributed by atoms with Gasteiger partial charge in [0.05, 0.1) is 11.3 Å². The van der Waals surface area contributed by atoms with Gasteiger partial charge in [0.2, 0.25) is 5.91 Å². The minimum Gasteiger partial charge on any atom is -0.348 e. The highest BCUT2D eigenvalue weighted by Crippen LogP contribution is 2.23. The van der Waals surface area contributed by atoms with Crippen molar-refractivity contribution in [3.63, 3.8) is 0 Å². The lowest BCUT2D eigenvalue weighted by Crippen LogP contribution is -2.25. The van der Waals surface area contributed by atoms with Gasteiger partial charge in [-0.1, -0.05) is 41.9 Å². The molecule has 0 atom stereocenters. The number of amides is 2. The van der Waals surface area contributed by atoms with E-state index >= 15 is 0 Å². The Bertz CT molecular complexity index is 734. The van der Waals surface area contributed by atoms with Crippen LogP contribution in [0.1, 0.15) is 15.9 Å². The fourth-order valence-electron chi connectivity index (χ4n) is 1.96. The average molecular weight is 363 g/mol. The molecule has 1 N–H and O–H groups in total. The molecule has 0 fully saturated rings. The molecule has 2 rings (SSSR count). The van der Waals surface area contributed by atoms with Crippen molar-refractivity contribution in [2.45, 2.75) is 11.4 Å². The highest BCUT2D eigenvalue weighted by molar-refractivity contribution is 8.00. The summed E-state index contributed by atoms with van der Waals surface area (Å²) >= 11 is 7.46. The number of thioether (sulfide) groups is 1. The lowest BCUT2D eigenvalue weighted by molar-refractivity contribution is -0.125. The second-order valence-corrected chi connectivity index (χ2v) is 6.77. The summed E-state index contributed by atoms with van der Waals surface area (Å²) in [6.07, 6.45) is 0. The summed E-state index contributed by atoms with van der Waals surface area (Å²) in [5.74, 6) is 0.114. The zero-order valence-corrected chi connectivity index (χ0v) is 15.2. The zero-order chi connectivity index (χ0) is 17.5. The second-order valence-electron chi connectivity index (χ2n) is 5.35. The van der Waals surface area contributed by atoms with Crippen LogP contribution in [0, 0.1) is 0 Å². The van der Waals surface area contributed by atoms with Crippen molar-refractivity contribution in [3.8, 4) is 0 Å². The van der Waals surface area contributed by atoms with Gasteiger partial charge in [0.15, 0.2) is 0 Å². The molecule has 0 saturated heterocycles. The van der Waals surface area contributed by atoms with Crippen molar-refractivity contribution < 1.29 is 9.59 Å². The highest BCUT2D eigenvalue weighted by atomic mass is 35.5. The Hall–Kier alpha value is -1.98. The predicted octanol–water partition coefficient (Wildman–Crippen LogP) is 3.45. The third-order valence-corrected chi connectivity index (χ3v) is 4.81. The molecule has 0 bridgehead atoms. The molecule has 0 spiro atoms. The second kappa shape index (κ2) is 8.76. The maximum atomic E-state index is 12.5. The first kappa shape index (κ1) is 18.4. The van der Waals surface area contributed by atoms with E-state index in [2.05, 4.69) is 5.32 Å². The third kappa shape index (κ3) is 5.01. The fraction of sp³-hybridized carbons (Fsp3) is 0.222. The number of carbonyl (C=O) groups excluding carboxylic acids is 2. The molecule has 0 aliphatic rings. The largest absolute Gasteiger partial charge is 0.348 e. The van der Waals surface area contributed by atoms with Gasteiger partial charge in [-0.15, -0.1) is 11.8 Å². The summed E-state index contributed by atoms with van der Waals surface area (Å²) < 4.78 is 0. The lowest BCUT2D eigenvalue weighted by Gasteiger charge is -2.12. The number of carbonyl (C=O) groups is 2. The van der Waals surface area contributed by atoms with Crippen LogP contribution in [0.2, 0.25) is 5.02 Å². The third-order valence-electron chi connectivity index (χ3n) is 3.38. The SMILES string of the molecule is CN(C)C(=O)CSc1ccccc1C(=O)NCc1ccccc1Cl. The van der Waals surface area contributed by atoms with E-state index in [1.807, 2.05) is 36.4 Å². The van der Waals surface area contributed by atoms with E-state index in [0.29, 0.717) is 22.9 Å². The maximum Gasteiger partial charge on any atom is 0.252 e. The first-order chi connectivity index (χ1) is 11.5. The van der Waals surface area contributed by atoms with Crippen LogP contribution in [-0.2, 0) is 11.3 Å². The zero-order valence-electron chi connectivity index (χ0n) is 13.6. The number of nitrogens with zero attached hydrogens (tertiary/aromatic N) is 1. The maximum absolute atomic E-state index is 12.5. The Morgan fingerprint density at radius 2 is 1.75 bits per heavy atom. The molecule has 0 saturated carbocycles. The van der Waals surface area contributed by atoms with Crippen molar-refractivity contribution in [2.75, 3.05) is 19.8 Å². The minimum atomic E-state index is -0.185. The Morgan fingerprint density at radius 1 is 1.08 bits per heavy atom. The molecule has 6 heteroatoms. The van der Waals surface area contributed by atoms with Gasteiger partial charge in [0.25, 0.3) is 5.91 Å². The van der Waals surface area contributed by atoms with E-state index in [1.165, 1.54) is 16.7 Å². The standard InChI is InChI=1S/C18H19ClN2O2S/c1-21(2)17(22)12-24-16-10-6-4-8-14(16)18(23)20-11-13-7-3-5-9-15(13)19/h3-10H,11-12H2,1-2H3,(H,20,23). The smallest absolute Gasteiger partial charge is 0.252 e. The summed E-state index contributed by atoms with van der Waals surface area (Å²) in [7, 11) is 3.43. The van der Waals surface area contributed by atoms with Gasteiger partial charge in [-0.3, -0.25) is 9.59 Å². The van der Waals surface area contributed by atoms with E-state index in [-0.39, 0.29) is 11.8 Å². The Labute approximate surface area is 151 Å². The first-order valence-corrected chi connectivity index (χ1v) is 8.79. The van der Waals surface area contributed by atoms with E-state index in [1.54, 1.807) is 26.2 Å². The van der Waals surface area contributed by atoms with Gasteiger partial charge in [-0.25, -0.2) is 0 Å². The van der Waals surface area contributed by atoms with Gasteiger partial charge in [-0.05, 0) is 23.8 Å². The normalized spacial score (nSPS) is 10.3. The van der Waals surface area contributed by atoms with Gasteiger partial charge in [0.1, 0.15) is 0 Å². The molecule has 0 aliphatic carbocycles. The number of benzene rings is 2. The van der Waals surface area contributed by atoms with Crippen molar-refractivity contribution in [2.24, 2.45) is 0 Å². The quantitative estimate of drug-likeness (QED) is 0.801. The van der Waals surface area contributed by atoms with Crippen LogP contribution in [0.3, 0.4) is 0 Å². The summed E-state index contributed by atoms with van der Waals surface area (Å²) in [5, 5.41) is 3.50. The number of halogens is 1. The molecule has 126 valence electrons. The van der Waals surface area contributed by atoms with E-state index in [0.717, 1.165) is 10.5 Å². The summed E-state index contributed by atoms with van der Waals surface area (Å²) in [4.78, 5) is 26.5. The summed E-state index contributed by atoms with van der Waals surface area (Å²) in [6, 6.07) is 14.7. The van der Waals surface area contributed by atoms with E-state index < -0.39 is 0 Å². The number of hydrogen-bond acceptors (Lipinski definition) is 3. The van der Waals surface area contributed by atoms with Crippen LogP contribution >= 0.6 is 23.4 Å². The molecular formula is C18H19ClN2O2S. The molecule has 2 aromatic rings. The molecule has 0 unspecified atom stereocenters. The van der Waals surface area contributed by atoms with Gasteiger partial charge >= 0.3 is 0 Å². The van der Waals surface area contributed by atoms with Crippen LogP contribution in [0.25, 0.3) is 0 Å². The molecule has 0 heterocycles. The van der Waals surface area contributed by atoms with Gasteiger partial charge in [-0.2, -0.15) is 0 Å². The molecule has 4 nitrogen and oxygen atoms in total. The Balaban J connectivity index is 2.04.